The molecule has 0 saturated carbocycles. The second-order valence-corrected chi connectivity index (χ2v) is 8.48. The van der Waals surface area contributed by atoms with Crippen LogP contribution in [0.3, 0.4) is 0 Å². The molecule has 0 aliphatic heterocycles. The van der Waals surface area contributed by atoms with E-state index in [1.807, 2.05) is 0 Å². The Bertz CT molecular complexity index is 1490. The molecule has 0 saturated heterocycles. The van der Waals surface area contributed by atoms with Gasteiger partial charge < -0.3 is 4.57 Å². The van der Waals surface area contributed by atoms with Gasteiger partial charge in [0.05, 0.1) is 17.0 Å². The van der Waals surface area contributed by atoms with Gasteiger partial charge in [-0.15, -0.1) is 0 Å². The van der Waals surface area contributed by atoms with Crippen LogP contribution in [-0.4, -0.2) is 9.55 Å². The number of rotatable bonds is 5. The highest BCUT2D eigenvalue weighted by Gasteiger charge is 2.24. The van der Waals surface area contributed by atoms with Crippen molar-refractivity contribution in [1.82, 2.24) is 9.55 Å². The number of hydrogen-bond acceptors (Lipinski definition) is 1. The first-order chi connectivity index (χ1) is 16.4. The molecule has 0 amide bonds. The molecule has 0 spiro atoms. The molecule has 1 aromatic heterocycles. The maximum absolute atomic E-state index is 5.19. The monoisotopic (exact) mass is 424 g/mol. The minimum absolute atomic E-state index is 0.0558. The lowest BCUT2D eigenvalue weighted by atomic mass is 9.90. The third-order valence-corrected chi connectivity index (χ3v) is 6.36. The standard InChI is InChI=1S/C31H24N2/c1-3-12-25(13-4-1)30(26-14-5-2-6-15-26)31-32-28-17-9-10-18-29(28)33(31)22-23-19-20-24-11-7-8-16-27(24)21-23/h1-21,30H,22H2. The van der Waals surface area contributed by atoms with E-state index in [1.54, 1.807) is 0 Å². The van der Waals surface area contributed by atoms with E-state index < -0.39 is 0 Å². The van der Waals surface area contributed by atoms with Gasteiger partial charge in [0, 0.05) is 6.54 Å². The summed E-state index contributed by atoms with van der Waals surface area (Å²) in [4.78, 5) is 5.19. The summed E-state index contributed by atoms with van der Waals surface area (Å²) in [5.74, 6) is 1.13. The van der Waals surface area contributed by atoms with Crippen LogP contribution in [0.2, 0.25) is 0 Å². The summed E-state index contributed by atoms with van der Waals surface area (Å²) >= 11 is 0. The summed E-state index contributed by atoms with van der Waals surface area (Å²) in [6.45, 7) is 0.775. The fraction of sp³-hybridized carbons (Fsp3) is 0.0645. The second kappa shape index (κ2) is 8.40. The molecule has 2 nitrogen and oxygen atoms in total. The maximum Gasteiger partial charge on any atom is 0.122 e. The van der Waals surface area contributed by atoms with Crippen molar-refractivity contribution in [3.8, 4) is 0 Å². The second-order valence-electron chi connectivity index (χ2n) is 8.48. The molecule has 5 aromatic carbocycles. The highest BCUT2D eigenvalue weighted by Crippen LogP contribution is 2.34. The van der Waals surface area contributed by atoms with Gasteiger partial charge in [-0.05, 0) is 45.7 Å². The normalized spacial score (nSPS) is 11.4. The van der Waals surface area contributed by atoms with Crippen LogP contribution < -0.4 is 0 Å². The molecule has 0 aliphatic rings. The SMILES string of the molecule is c1ccc(C(c2ccccc2)c2nc3ccccc3n2Cc2ccc3ccccc3c2)cc1. The smallest absolute Gasteiger partial charge is 0.122 e. The fourth-order valence-electron chi connectivity index (χ4n) is 4.78. The van der Waals surface area contributed by atoms with Gasteiger partial charge in [-0.25, -0.2) is 4.98 Å². The number of benzene rings is 5. The van der Waals surface area contributed by atoms with E-state index in [2.05, 4.69) is 132 Å². The van der Waals surface area contributed by atoms with Crippen molar-refractivity contribution in [3.63, 3.8) is 0 Å². The van der Waals surface area contributed by atoms with E-state index in [0.29, 0.717) is 0 Å². The zero-order valence-electron chi connectivity index (χ0n) is 18.3. The van der Waals surface area contributed by atoms with Gasteiger partial charge in [0.1, 0.15) is 5.82 Å². The molecule has 0 N–H and O–H groups in total. The van der Waals surface area contributed by atoms with Crippen molar-refractivity contribution in [2.45, 2.75) is 12.5 Å². The first-order valence-electron chi connectivity index (χ1n) is 11.4. The van der Waals surface area contributed by atoms with Gasteiger partial charge in [0.25, 0.3) is 0 Å². The third kappa shape index (κ3) is 3.70. The van der Waals surface area contributed by atoms with Crippen LogP contribution in [0.15, 0.2) is 127 Å². The molecule has 6 rings (SSSR count). The molecule has 0 atom stereocenters. The predicted octanol–water partition coefficient (Wildman–Crippen LogP) is 7.42. The number of aromatic nitrogens is 2. The Morgan fingerprint density at radius 3 is 1.91 bits per heavy atom. The van der Waals surface area contributed by atoms with Crippen LogP contribution >= 0.6 is 0 Å². The van der Waals surface area contributed by atoms with Crippen LogP contribution in [0.5, 0.6) is 0 Å². The Morgan fingerprint density at radius 1 is 0.576 bits per heavy atom. The summed E-state index contributed by atoms with van der Waals surface area (Å²) in [6, 6.07) is 45.2. The largest absolute Gasteiger partial charge is 0.323 e. The lowest BCUT2D eigenvalue weighted by Gasteiger charge is -2.20. The lowest BCUT2D eigenvalue weighted by molar-refractivity contribution is 0.724. The quantitative estimate of drug-likeness (QED) is 0.282. The molecular weight excluding hydrogens is 400 g/mol. The molecule has 6 aromatic rings. The van der Waals surface area contributed by atoms with E-state index in [-0.39, 0.29) is 5.92 Å². The zero-order chi connectivity index (χ0) is 22.0. The van der Waals surface area contributed by atoms with Crippen LogP contribution in [0, 0.1) is 0 Å². The third-order valence-electron chi connectivity index (χ3n) is 6.36. The first kappa shape index (κ1) is 19.5. The van der Waals surface area contributed by atoms with Crippen molar-refractivity contribution in [1.29, 1.82) is 0 Å². The van der Waals surface area contributed by atoms with Gasteiger partial charge in [0.2, 0.25) is 0 Å². The minimum Gasteiger partial charge on any atom is -0.323 e. The Balaban J connectivity index is 1.55. The fourth-order valence-corrected chi connectivity index (χ4v) is 4.78. The summed E-state index contributed by atoms with van der Waals surface area (Å²) in [5, 5.41) is 2.53. The first-order valence-corrected chi connectivity index (χ1v) is 11.4. The van der Waals surface area contributed by atoms with Gasteiger partial charge >= 0.3 is 0 Å². The lowest BCUT2D eigenvalue weighted by Crippen LogP contribution is -2.13. The Hall–Kier alpha value is -4.17. The molecule has 33 heavy (non-hydrogen) atoms. The zero-order valence-corrected chi connectivity index (χ0v) is 18.3. The average molecular weight is 425 g/mol. The molecule has 0 radical (unpaired) electrons. The molecule has 0 unspecified atom stereocenters. The van der Waals surface area contributed by atoms with Crippen LogP contribution in [0.1, 0.15) is 28.4 Å². The van der Waals surface area contributed by atoms with Gasteiger partial charge in [-0.3, -0.25) is 0 Å². The Morgan fingerprint density at radius 2 is 1.18 bits per heavy atom. The van der Waals surface area contributed by atoms with Gasteiger partial charge in [0.15, 0.2) is 0 Å². The summed E-state index contributed by atoms with van der Waals surface area (Å²) in [7, 11) is 0. The Kier molecular flexibility index (Phi) is 4.97. The topological polar surface area (TPSA) is 17.8 Å². The molecule has 158 valence electrons. The van der Waals surface area contributed by atoms with Crippen molar-refractivity contribution >= 4 is 21.8 Å². The van der Waals surface area contributed by atoms with Crippen molar-refractivity contribution in [2.24, 2.45) is 0 Å². The molecule has 2 heteroatoms. The number of fused-ring (bicyclic) bond motifs is 2. The van der Waals surface area contributed by atoms with Crippen molar-refractivity contribution < 1.29 is 0 Å². The molecule has 0 aliphatic carbocycles. The number of hydrogen-bond donors (Lipinski definition) is 0. The molecule has 0 bridgehead atoms. The highest BCUT2D eigenvalue weighted by atomic mass is 15.1. The van der Waals surface area contributed by atoms with Gasteiger partial charge in [-0.1, -0.05) is 109 Å². The van der Waals surface area contributed by atoms with Crippen LogP contribution in [0.4, 0.5) is 0 Å². The molecular formula is C31H24N2. The molecule has 0 fully saturated rings. The summed E-state index contributed by atoms with van der Waals surface area (Å²) < 4.78 is 2.39. The summed E-state index contributed by atoms with van der Waals surface area (Å²) in [5.41, 5.74) is 5.97. The average Bonchev–Trinajstić information content (AvgIpc) is 3.23. The number of imidazole rings is 1. The maximum atomic E-state index is 5.19. The van der Waals surface area contributed by atoms with Crippen LogP contribution in [0.25, 0.3) is 21.8 Å². The molecule has 1 heterocycles. The van der Waals surface area contributed by atoms with Gasteiger partial charge in [-0.2, -0.15) is 0 Å². The van der Waals surface area contributed by atoms with E-state index in [0.717, 1.165) is 23.4 Å². The highest BCUT2D eigenvalue weighted by molar-refractivity contribution is 5.83. The van der Waals surface area contributed by atoms with E-state index in [9.17, 15) is 0 Å². The predicted molar refractivity (Wildman–Crippen MR) is 137 cm³/mol. The van der Waals surface area contributed by atoms with E-state index in [1.165, 1.54) is 27.5 Å². The summed E-state index contributed by atoms with van der Waals surface area (Å²) in [6.07, 6.45) is 0. The van der Waals surface area contributed by atoms with Crippen molar-refractivity contribution in [2.75, 3.05) is 0 Å². The number of para-hydroxylation sites is 2. The van der Waals surface area contributed by atoms with E-state index in [4.69, 9.17) is 4.98 Å². The number of nitrogens with zero attached hydrogens (tertiary/aromatic N) is 2. The van der Waals surface area contributed by atoms with Crippen molar-refractivity contribution in [3.05, 3.63) is 150 Å². The van der Waals surface area contributed by atoms with Crippen LogP contribution in [-0.2, 0) is 6.54 Å². The minimum atomic E-state index is 0.0558. The van der Waals surface area contributed by atoms with E-state index >= 15 is 0 Å². The Labute approximate surface area is 193 Å².